The average molecular weight is 263 g/mol. The van der Waals surface area contributed by atoms with Gasteiger partial charge in [-0.05, 0) is 42.5 Å². The zero-order valence-electron chi connectivity index (χ0n) is 12.4. The average Bonchev–Trinajstić information content (AvgIpc) is 2.34. The fraction of sp³-hybridized carbons (Fsp3) is 0.533. The first-order valence-corrected chi connectivity index (χ1v) is 6.62. The summed E-state index contributed by atoms with van der Waals surface area (Å²) in [5.74, 6) is 1.28. The third kappa shape index (κ3) is 6.70. The second kappa shape index (κ2) is 7.02. The number of nitrogens with one attached hydrogen (secondary N) is 1. The van der Waals surface area contributed by atoms with Gasteiger partial charge in [0.25, 0.3) is 0 Å². The molecular formula is C15H25N3O. The number of rotatable bonds is 5. The zero-order chi connectivity index (χ0) is 14.3. The molecule has 4 heteroatoms. The van der Waals surface area contributed by atoms with E-state index in [-0.39, 0.29) is 0 Å². The molecule has 0 unspecified atom stereocenters. The molecule has 1 rings (SSSR count). The van der Waals surface area contributed by atoms with E-state index < -0.39 is 0 Å². The molecular weight excluding hydrogens is 238 g/mol. The molecule has 0 saturated heterocycles. The summed E-state index contributed by atoms with van der Waals surface area (Å²) < 4.78 is 5.10. The van der Waals surface area contributed by atoms with Crippen LogP contribution in [0.4, 0.5) is 5.69 Å². The Morgan fingerprint density at radius 3 is 2.42 bits per heavy atom. The van der Waals surface area contributed by atoms with Crippen molar-refractivity contribution >= 4 is 11.6 Å². The van der Waals surface area contributed by atoms with E-state index in [0.29, 0.717) is 11.4 Å². The van der Waals surface area contributed by atoms with Crippen LogP contribution in [0, 0.1) is 5.41 Å². The first kappa shape index (κ1) is 15.3. The molecule has 0 heterocycles. The molecule has 1 aromatic carbocycles. The SMILES string of the molecule is COc1ccc(NC(N)=NCCCC(C)(C)C)cc1. The molecule has 0 aromatic heterocycles. The van der Waals surface area contributed by atoms with E-state index in [1.54, 1.807) is 7.11 Å². The standard InChI is InChI=1S/C15H25N3O/c1-15(2,3)10-5-11-17-14(16)18-12-6-8-13(19-4)9-7-12/h6-9H,5,10-11H2,1-4H3,(H3,16,17,18). The Morgan fingerprint density at radius 1 is 1.26 bits per heavy atom. The minimum absolute atomic E-state index is 0.355. The number of benzene rings is 1. The number of nitrogens with two attached hydrogens (primary N) is 1. The van der Waals surface area contributed by atoms with Crippen molar-refractivity contribution in [2.24, 2.45) is 16.1 Å². The normalized spacial score (nSPS) is 12.3. The molecule has 0 bridgehead atoms. The van der Waals surface area contributed by atoms with Gasteiger partial charge in [-0.2, -0.15) is 0 Å². The van der Waals surface area contributed by atoms with Crippen LogP contribution in [0.3, 0.4) is 0 Å². The lowest BCUT2D eigenvalue weighted by molar-refractivity contribution is 0.368. The Morgan fingerprint density at radius 2 is 1.89 bits per heavy atom. The summed E-state index contributed by atoms with van der Waals surface area (Å²) in [6.45, 7) is 7.45. The Bertz CT molecular complexity index is 404. The number of ether oxygens (including phenoxy) is 1. The molecule has 0 aliphatic carbocycles. The van der Waals surface area contributed by atoms with Crippen molar-refractivity contribution < 1.29 is 4.74 Å². The molecule has 0 spiro atoms. The summed E-state index contributed by atoms with van der Waals surface area (Å²) in [5.41, 5.74) is 7.10. The molecule has 0 aliphatic rings. The first-order valence-electron chi connectivity index (χ1n) is 6.62. The third-order valence-corrected chi connectivity index (χ3v) is 2.73. The van der Waals surface area contributed by atoms with Gasteiger partial charge in [-0.3, -0.25) is 4.99 Å². The lowest BCUT2D eigenvalue weighted by Crippen LogP contribution is -2.23. The molecule has 0 atom stereocenters. The van der Waals surface area contributed by atoms with E-state index in [1.807, 2.05) is 24.3 Å². The summed E-state index contributed by atoms with van der Waals surface area (Å²) in [4.78, 5) is 4.32. The van der Waals surface area contributed by atoms with Crippen molar-refractivity contribution in [2.75, 3.05) is 19.0 Å². The smallest absolute Gasteiger partial charge is 0.193 e. The molecule has 0 saturated carbocycles. The van der Waals surface area contributed by atoms with Crippen LogP contribution in [-0.4, -0.2) is 19.6 Å². The third-order valence-electron chi connectivity index (χ3n) is 2.73. The van der Waals surface area contributed by atoms with E-state index in [9.17, 15) is 0 Å². The maximum Gasteiger partial charge on any atom is 0.193 e. The van der Waals surface area contributed by atoms with Crippen LogP contribution in [0.2, 0.25) is 0 Å². The number of hydrogen-bond donors (Lipinski definition) is 2. The number of methoxy groups -OCH3 is 1. The van der Waals surface area contributed by atoms with Crippen LogP contribution < -0.4 is 15.8 Å². The molecule has 19 heavy (non-hydrogen) atoms. The fourth-order valence-corrected chi connectivity index (χ4v) is 1.67. The second-order valence-electron chi connectivity index (χ2n) is 5.78. The molecule has 0 amide bonds. The summed E-state index contributed by atoms with van der Waals surface area (Å²) in [6, 6.07) is 7.59. The Kier molecular flexibility index (Phi) is 5.67. The largest absolute Gasteiger partial charge is 0.497 e. The highest BCUT2D eigenvalue weighted by molar-refractivity contribution is 5.92. The van der Waals surface area contributed by atoms with E-state index in [0.717, 1.165) is 30.8 Å². The van der Waals surface area contributed by atoms with Crippen molar-refractivity contribution in [2.45, 2.75) is 33.6 Å². The van der Waals surface area contributed by atoms with Crippen molar-refractivity contribution in [1.82, 2.24) is 0 Å². The monoisotopic (exact) mass is 263 g/mol. The van der Waals surface area contributed by atoms with Crippen LogP contribution in [-0.2, 0) is 0 Å². The molecule has 1 aromatic rings. The highest BCUT2D eigenvalue weighted by atomic mass is 16.5. The van der Waals surface area contributed by atoms with Gasteiger partial charge in [-0.25, -0.2) is 0 Å². The van der Waals surface area contributed by atoms with Gasteiger partial charge in [0.1, 0.15) is 5.75 Å². The summed E-state index contributed by atoms with van der Waals surface area (Å²) >= 11 is 0. The summed E-state index contributed by atoms with van der Waals surface area (Å²) in [5, 5.41) is 3.06. The Balaban J connectivity index is 2.38. The Labute approximate surface area is 116 Å². The Hall–Kier alpha value is -1.71. The maximum absolute atomic E-state index is 5.83. The van der Waals surface area contributed by atoms with Gasteiger partial charge < -0.3 is 15.8 Å². The van der Waals surface area contributed by atoms with Crippen molar-refractivity contribution in [3.05, 3.63) is 24.3 Å². The molecule has 0 fully saturated rings. The predicted molar refractivity (Wildman–Crippen MR) is 81.8 cm³/mol. The number of guanidine groups is 1. The highest BCUT2D eigenvalue weighted by Gasteiger charge is 2.08. The predicted octanol–water partition coefficient (Wildman–Crippen LogP) is 3.25. The van der Waals surface area contributed by atoms with Crippen molar-refractivity contribution in [1.29, 1.82) is 0 Å². The van der Waals surface area contributed by atoms with E-state index in [1.165, 1.54) is 0 Å². The zero-order valence-corrected chi connectivity index (χ0v) is 12.4. The minimum Gasteiger partial charge on any atom is -0.497 e. The summed E-state index contributed by atoms with van der Waals surface area (Å²) in [6.07, 6.45) is 2.20. The quantitative estimate of drug-likeness (QED) is 0.487. The van der Waals surface area contributed by atoms with Crippen LogP contribution >= 0.6 is 0 Å². The lowest BCUT2D eigenvalue weighted by atomic mass is 9.91. The lowest BCUT2D eigenvalue weighted by Gasteiger charge is -2.16. The van der Waals surface area contributed by atoms with Gasteiger partial charge in [0, 0.05) is 12.2 Å². The first-order chi connectivity index (χ1) is 8.90. The van der Waals surface area contributed by atoms with Crippen LogP contribution in [0.15, 0.2) is 29.3 Å². The second-order valence-corrected chi connectivity index (χ2v) is 5.78. The van der Waals surface area contributed by atoms with E-state index >= 15 is 0 Å². The summed E-state index contributed by atoms with van der Waals surface area (Å²) in [7, 11) is 1.65. The number of anilines is 1. The molecule has 0 aliphatic heterocycles. The van der Waals surface area contributed by atoms with Gasteiger partial charge in [-0.15, -0.1) is 0 Å². The molecule has 106 valence electrons. The van der Waals surface area contributed by atoms with E-state index in [2.05, 4.69) is 31.1 Å². The van der Waals surface area contributed by atoms with Crippen molar-refractivity contribution in [3.8, 4) is 5.75 Å². The number of aliphatic imine (C=N–C) groups is 1. The molecule has 0 radical (unpaired) electrons. The number of hydrogen-bond acceptors (Lipinski definition) is 2. The maximum atomic E-state index is 5.83. The fourth-order valence-electron chi connectivity index (χ4n) is 1.67. The van der Waals surface area contributed by atoms with Gasteiger partial charge in [0.05, 0.1) is 7.11 Å². The van der Waals surface area contributed by atoms with E-state index in [4.69, 9.17) is 10.5 Å². The topological polar surface area (TPSA) is 59.6 Å². The van der Waals surface area contributed by atoms with Gasteiger partial charge in [0.15, 0.2) is 5.96 Å². The highest BCUT2D eigenvalue weighted by Crippen LogP contribution is 2.20. The molecule has 4 nitrogen and oxygen atoms in total. The van der Waals surface area contributed by atoms with Crippen LogP contribution in [0.25, 0.3) is 0 Å². The van der Waals surface area contributed by atoms with Crippen molar-refractivity contribution in [3.63, 3.8) is 0 Å². The number of nitrogens with zero attached hydrogens (tertiary/aromatic N) is 1. The van der Waals surface area contributed by atoms with Gasteiger partial charge in [0.2, 0.25) is 0 Å². The van der Waals surface area contributed by atoms with Gasteiger partial charge in [-0.1, -0.05) is 20.8 Å². The van der Waals surface area contributed by atoms with Crippen LogP contribution in [0.1, 0.15) is 33.6 Å². The van der Waals surface area contributed by atoms with Gasteiger partial charge >= 0.3 is 0 Å². The van der Waals surface area contributed by atoms with Crippen LogP contribution in [0.5, 0.6) is 5.75 Å². The minimum atomic E-state index is 0.355. The molecule has 3 N–H and O–H groups in total.